The van der Waals surface area contributed by atoms with Gasteiger partial charge in [-0.1, -0.05) is 52.0 Å². The van der Waals surface area contributed by atoms with E-state index in [9.17, 15) is 4.79 Å². The fraction of sp³-hybridized carbons (Fsp3) is 0.842. The van der Waals surface area contributed by atoms with Crippen LogP contribution in [0.4, 0.5) is 0 Å². The van der Waals surface area contributed by atoms with Crippen molar-refractivity contribution in [3.8, 4) is 0 Å². The molecule has 0 aromatic rings. The van der Waals surface area contributed by atoms with Crippen molar-refractivity contribution in [2.24, 2.45) is 5.92 Å². The summed E-state index contributed by atoms with van der Waals surface area (Å²) in [5.41, 5.74) is 0. The van der Waals surface area contributed by atoms with E-state index in [2.05, 4.69) is 13.5 Å². The Balaban J connectivity index is 4.25. The number of hydrogen-bond donors (Lipinski definition) is 0. The number of esters is 1. The molecule has 0 spiro atoms. The highest BCUT2D eigenvalue weighted by molar-refractivity contribution is 5.81. The quantitative estimate of drug-likeness (QED) is 0.186. The van der Waals surface area contributed by atoms with E-state index >= 15 is 0 Å². The van der Waals surface area contributed by atoms with E-state index in [-0.39, 0.29) is 5.97 Å². The summed E-state index contributed by atoms with van der Waals surface area (Å²) < 4.78 is 16.1. The molecule has 0 aliphatic rings. The van der Waals surface area contributed by atoms with Gasteiger partial charge >= 0.3 is 5.97 Å². The maximum absolute atomic E-state index is 11.1. The van der Waals surface area contributed by atoms with E-state index in [1.807, 2.05) is 6.92 Å². The number of hydrogen-bond acceptors (Lipinski definition) is 4. The third-order valence-corrected chi connectivity index (χ3v) is 4.41. The van der Waals surface area contributed by atoms with Crippen molar-refractivity contribution in [2.45, 2.75) is 77.4 Å². The predicted molar refractivity (Wildman–Crippen MR) is 94.3 cm³/mol. The third-order valence-electron chi connectivity index (χ3n) is 4.41. The van der Waals surface area contributed by atoms with Crippen molar-refractivity contribution in [2.75, 3.05) is 20.8 Å². The number of carbonyl (C=O) groups excluding carboxylic acids is 1. The van der Waals surface area contributed by atoms with Crippen LogP contribution in [0.2, 0.25) is 0 Å². The summed E-state index contributed by atoms with van der Waals surface area (Å²) in [5.74, 6) is -0.366. The van der Waals surface area contributed by atoms with Gasteiger partial charge in [-0.25, -0.2) is 4.79 Å². The van der Waals surface area contributed by atoms with E-state index in [1.54, 1.807) is 14.2 Å². The zero-order valence-corrected chi connectivity index (χ0v) is 15.6. The molecule has 0 aromatic heterocycles. The number of ether oxygens (including phenoxy) is 3. The van der Waals surface area contributed by atoms with Crippen molar-refractivity contribution < 1.29 is 19.0 Å². The molecule has 0 aromatic carbocycles. The van der Waals surface area contributed by atoms with Crippen molar-refractivity contribution in [1.29, 1.82) is 0 Å². The van der Waals surface area contributed by atoms with Crippen LogP contribution in [0.3, 0.4) is 0 Å². The molecule has 0 aliphatic heterocycles. The van der Waals surface area contributed by atoms with Crippen molar-refractivity contribution >= 4 is 5.97 Å². The second kappa shape index (κ2) is 13.6. The van der Waals surface area contributed by atoms with Gasteiger partial charge in [-0.3, -0.25) is 0 Å². The predicted octanol–water partition coefficient (Wildman–Crippen LogP) is 4.87. The van der Waals surface area contributed by atoms with Gasteiger partial charge in [-0.15, -0.1) is 0 Å². The van der Waals surface area contributed by atoms with Crippen LogP contribution in [0.15, 0.2) is 12.7 Å². The lowest BCUT2D eigenvalue weighted by atomic mass is 9.89. The minimum Gasteiger partial charge on any atom is -0.463 e. The van der Waals surface area contributed by atoms with Crippen LogP contribution in [-0.4, -0.2) is 32.6 Å². The number of carbonyl (C=O) groups is 1. The smallest absolute Gasteiger partial charge is 0.330 e. The van der Waals surface area contributed by atoms with E-state index in [1.165, 1.54) is 44.6 Å². The van der Waals surface area contributed by atoms with Gasteiger partial charge in [0, 0.05) is 26.7 Å². The fourth-order valence-corrected chi connectivity index (χ4v) is 2.76. The number of methoxy groups -OCH3 is 2. The molecule has 23 heavy (non-hydrogen) atoms. The van der Waals surface area contributed by atoms with Crippen LogP contribution in [0.5, 0.6) is 0 Å². The average Bonchev–Trinajstić information content (AvgIpc) is 2.57. The Bertz CT molecular complexity index is 310. The number of rotatable bonds is 15. The zero-order chi connectivity index (χ0) is 17.6. The monoisotopic (exact) mass is 328 g/mol. The highest BCUT2D eigenvalue weighted by Crippen LogP contribution is 2.28. The van der Waals surface area contributed by atoms with Crippen LogP contribution in [0.1, 0.15) is 71.6 Å². The minimum absolute atomic E-state index is 0.347. The molecule has 4 heteroatoms. The molecule has 0 aliphatic carbocycles. The van der Waals surface area contributed by atoms with E-state index in [0.717, 1.165) is 19.3 Å². The maximum atomic E-state index is 11.1. The largest absolute Gasteiger partial charge is 0.463 e. The molecule has 0 N–H and O–H groups in total. The van der Waals surface area contributed by atoms with Gasteiger partial charge in [-0.2, -0.15) is 0 Å². The summed E-state index contributed by atoms with van der Waals surface area (Å²) in [5, 5.41) is 0. The Morgan fingerprint density at radius 2 is 1.70 bits per heavy atom. The SMILES string of the molecule is C=CC(=O)OCCCC(CCCCCCC)CC(C)(OC)OC. The standard InChI is InChI=1S/C19H36O4/c1-6-8-9-10-11-13-17(16-19(3,21-4)22-5)14-12-15-23-18(20)7-2/h7,17H,2,6,8-16H2,1,3-5H3. The molecule has 0 amide bonds. The molecule has 0 rings (SSSR count). The second-order valence-corrected chi connectivity index (χ2v) is 6.33. The first-order chi connectivity index (χ1) is 11.0. The molecule has 1 atom stereocenters. The van der Waals surface area contributed by atoms with Crippen LogP contribution >= 0.6 is 0 Å². The maximum Gasteiger partial charge on any atom is 0.330 e. The second-order valence-electron chi connectivity index (χ2n) is 6.33. The lowest BCUT2D eigenvalue weighted by Crippen LogP contribution is -2.32. The minimum atomic E-state index is -0.536. The molecule has 0 fully saturated rings. The average molecular weight is 328 g/mol. The van der Waals surface area contributed by atoms with Gasteiger partial charge < -0.3 is 14.2 Å². The van der Waals surface area contributed by atoms with E-state index in [0.29, 0.717) is 12.5 Å². The van der Waals surface area contributed by atoms with Gasteiger partial charge in [-0.05, 0) is 25.7 Å². The molecule has 0 saturated carbocycles. The Kier molecular flexibility index (Phi) is 13.0. The van der Waals surface area contributed by atoms with E-state index in [4.69, 9.17) is 14.2 Å². The molecule has 4 nitrogen and oxygen atoms in total. The zero-order valence-electron chi connectivity index (χ0n) is 15.6. The van der Waals surface area contributed by atoms with Crippen molar-refractivity contribution in [1.82, 2.24) is 0 Å². The van der Waals surface area contributed by atoms with Crippen molar-refractivity contribution in [3.63, 3.8) is 0 Å². The Labute approximate surface area is 142 Å². The van der Waals surface area contributed by atoms with Gasteiger partial charge in [0.25, 0.3) is 0 Å². The fourth-order valence-electron chi connectivity index (χ4n) is 2.76. The summed E-state index contributed by atoms with van der Waals surface area (Å²) in [6.07, 6.45) is 11.5. The van der Waals surface area contributed by atoms with Gasteiger partial charge in [0.1, 0.15) is 0 Å². The molecule has 0 bridgehead atoms. The first kappa shape index (κ1) is 22.1. The highest BCUT2D eigenvalue weighted by atomic mass is 16.7. The summed E-state index contributed by atoms with van der Waals surface area (Å²) in [4.78, 5) is 11.1. The lowest BCUT2D eigenvalue weighted by molar-refractivity contribution is -0.204. The third kappa shape index (κ3) is 11.3. The van der Waals surface area contributed by atoms with Crippen LogP contribution in [-0.2, 0) is 19.0 Å². The Morgan fingerprint density at radius 1 is 1.09 bits per heavy atom. The van der Waals surface area contributed by atoms with Crippen LogP contribution in [0, 0.1) is 5.92 Å². The molecule has 0 radical (unpaired) electrons. The summed E-state index contributed by atoms with van der Waals surface area (Å²) in [7, 11) is 3.38. The van der Waals surface area contributed by atoms with Crippen molar-refractivity contribution in [3.05, 3.63) is 12.7 Å². The summed E-state index contributed by atoms with van der Waals surface area (Å²) in [6.45, 7) is 8.07. The first-order valence-corrected chi connectivity index (χ1v) is 8.90. The molecule has 136 valence electrons. The number of unbranched alkanes of at least 4 members (excludes halogenated alkanes) is 4. The van der Waals surface area contributed by atoms with E-state index < -0.39 is 5.79 Å². The summed E-state index contributed by atoms with van der Waals surface area (Å²) in [6, 6.07) is 0. The van der Waals surface area contributed by atoms with Gasteiger partial charge in [0.15, 0.2) is 5.79 Å². The normalized spacial score (nSPS) is 12.9. The lowest BCUT2D eigenvalue weighted by Gasteiger charge is -2.31. The van der Waals surface area contributed by atoms with Crippen LogP contribution < -0.4 is 0 Å². The molecule has 0 saturated heterocycles. The topological polar surface area (TPSA) is 44.8 Å². The van der Waals surface area contributed by atoms with Gasteiger partial charge in [0.05, 0.1) is 6.61 Å². The first-order valence-electron chi connectivity index (χ1n) is 8.90. The molecule has 1 unspecified atom stereocenters. The Morgan fingerprint density at radius 3 is 2.26 bits per heavy atom. The molecule has 0 heterocycles. The van der Waals surface area contributed by atoms with Crippen LogP contribution in [0.25, 0.3) is 0 Å². The Hall–Kier alpha value is -0.870. The summed E-state index contributed by atoms with van der Waals surface area (Å²) >= 11 is 0. The molecular formula is C19H36O4. The highest BCUT2D eigenvalue weighted by Gasteiger charge is 2.27. The molecular weight excluding hydrogens is 292 g/mol. The van der Waals surface area contributed by atoms with Gasteiger partial charge in [0.2, 0.25) is 0 Å².